The molecule has 7 nitrogen and oxygen atoms in total. The first kappa shape index (κ1) is 22.3. The second kappa shape index (κ2) is 9.71. The summed E-state index contributed by atoms with van der Waals surface area (Å²) in [4.78, 5) is 32.0. The fraction of sp³-hybridized carbons (Fsp3) is 0.304. The zero-order chi connectivity index (χ0) is 22.7. The van der Waals surface area contributed by atoms with Crippen molar-refractivity contribution in [1.82, 2.24) is 19.7 Å². The first-order chi connectivity index (χ1) is 15.5. The highest BCUT2D eigenvalue weighted by Crippen LogP contribution is 2.29. The lowest BCUT2D eigenvalue weighted by atomic mass is 9.97. The van der Waals surface area contributed by atoms with E-state index in [0.29, 0.717) is 41.1 Å². The molecule has 1 aliphatic heterocycles. The summed E-state index contributed by atoms with van der Waals surface area (Å²) in [5.41, 5.74) is 1.24. The van der Waals surface area contributed by atoms with Crippen LogP contribution in [0.25, 0.3) is 5.69 Å². The first-order valence-corrected chi connectivity index (χ1v) is 11.3. The molecule has 0 saturated carbocycles. The van der Waals surface area contributed by atoms with Crippen molar-refractivity contribution < 1.29 is 9.59 Å². The maximum Gasteiger partial charge on any atom is 0.293 e. The maximum atomic E-state index is 13.2. The van der Waals surface area contributed by atoms with E-state index >= 15 is 0 Å². The van der Waals surface area contributed by atoms with Crippen molar-refractivity contribution in [2.45, 2.75) is 26.2 Å². The smallest absolute Gasteiger partial charge is 0.293 e. The fourth-order valence-corrected chi connectivity index (χ4v) is 4.37. The molecule has 3 aromatic rings. The first-order valence-electron chi connectivity index (χ1n) is 10.5. The average molecular weight is 472 g/mol. The van der Waals surface area contributed by atoms with E-state index in [1.165, 1.54) is 4.68 Å². The van der Waals surface area contributed by atoms with Gasteiger partial charge >= 0.3 is 0 Å². The van der Waals surface area contributed by atoms with Gasteiger partial charge < -0.3 is 10.2 Å². The highest BCUT2D eigenvalue weighted by Gasteiger charge is 2.31. The van der Waals surface area contributed by atoms with Gasteiger partial charge in [0.05, 0.1) is 16.0 Å². The Labute approximate surface area is 196 Å². The van der Waals surface area contributed by atoms with Gasteiger partial charge in [0.1, 0.15) is 11.5 Å². The minimum atomic E-state index is -0.307. The highest BCUT2D eigenvalue weighted by molar-refractivity contribution is 6.37. The van der Waals surface area contributed by atoms with Gasteiger partial charge in [0, 0.05) is 25.2 Å². The van der Waals surface area contributed by atoms with Crippen molar-refractivity contribution in [1.29, 1.82) is 0 Å². The fourth-order valence-electron chi connectivity index (χ4n) is 3.82. The maximum absolute atomic E-state index is 13.2. The molecular formula is C23H23Cl2N5O2. The summed E-state index contributed by atoms with van der Waals surface area (Å²) in [6.07, 6.45) is 2.00. The van der Waals surface area contributed by atoms with Gasteiger partial charge in [-0.25, -0.2) is 9.67 Å². The molecule has 0 spiro atoms. The van der Waals surface area contributed by atoms with Crippen molar-refractivity contribution in [2.75, 3.05) is 18.4 Å². The number of amides is 2. The Hall–Kier alpha value is -2.90. The zero-order valence-electron chi connectivity index (χ0n) is 17.6. The normalized spacial score (nSPS) is 16.1. The van der Waals surface area contributed by atoms with Crippen molar-refractivity contribution in [3.63, 3.8) is 0 Å². The van der Waals surface area contributed by atoms with Gasteiger partial charge in [-0.15, -0.1) is 5.10 Å². The molecule has 4 rings (SSSR count). The number of halogens is 2. The van der Waals surface area contributed by atoms with Gasteiger partial charge in [-0.2, -0.15) is 0 Å². The van der Waals surface area contributed by atoms with E-state index in [4.69, 9.17) is 23.2 Å². The van der Waals surface area contributed by atoms with Gasteiger partial charge in [0.25, 0.3) is 5.91 Å². The van der Waals surface area contributed by atoms with Crippen LogP contribution >= 0.6 is 23.2 Å². The molecule has 0 radical (unpaired) electrons. The summed E-state index contributed by atoms with van der Waals surface area (Å²) in [5.74, 6) is -0.0394. The number of anilines is 1. The SMILES string of the molecule is CCc1nc(C(=O)N2CCCC(C(=O)Nc3ccccc3)C2)nn1-c1c(Cl)cccc1Cl. The standard InChI is InChI=1S/C23H23Cl2N5O2/c1-2-19-27-21(28-30(19)20-17(24)11-6-12-18(20)25)23(32)29-13-7-8-15(14-29)22(31)26-16-9-4-3-5-10-16/h3-6,9-12,15H,2,7-8,13-14H2,1H3,(H,26,31). The second-order valence-electron chi connectivity index (χ2n) is 7.63. The summed E-state index contributed by atoms with van der Waals surface area (Å²) in [6, 6.07) is 14.5. The number of benzene rings is 2. The molecule has 1 atom stereocenters. The predicted octanol–water partition coefficient (Wildman–Crippen LogP) is 4.63. The predicted molar refractivity (Wildman–Crippen MR) is 124 cm³/mol. The lowest BCUT2D eigenvalue weighted by Crippen LogP contribution is -2.44. The molecule has 1 saturated heterocycles. The van der Waals surface area contributed by atoms with Crippen LogP contribution < -0.4 is 5.32 Å². The second-order valence-corrected chi connectivity index (χ2v) is 8.45. The van der Waals surface area contributed by atoms with Crippen LogP contribution in [0.2, 0.25) is 10.0 Å². The van der Waals surface area contributed by atoms with Crippen LogP contribution in [0.4, 0.5) is 5.69 Å². The molecule has 0 bridgehead atoms. The van der Waals surface area contributed by atoms with Crippen LogP contribution in [0.5, 0.6) is 0 Å². The van der Waals surface area contributed by atoms with Gasteiger partial charge in [-0.1, -0.05) is 54.4 Å². The molecule has 1 N–H and O–H groups in total. The van der Waals surface area contributed by atoms with Gasteiger partial charge in [0.15, 0.2) is 0 Å². The lowest BCUT2D eigenvalue weighted by molar-refractivity contribution is -0.121. The number of aryl methyl sites for hydroxylation is 1. The number of nitrogens with zero attached hydrogens (tertiary/aromatic N) is 4. The monoisotopic (exact) mass is 471 g/mol. The summed E-state index contributed by atoms with van der Waals surface area (Å²) in [6.45, 7) is 2.79. The largest absolute Gasteiger partial charge is 0.335 e. The number of carbonyl (C=O) groups excluding carboxylic acids is 2. The topological polar surface area (TPSA) is 80.1 Å². The number of hydrogen-bond donors (Lipinski definition) is 1. The third-order valence-electron chi connectivity index (χ3n) is 5.45. The Morgan fingerprint density at radius 1 is 1.09 bits per heavy atom. The van der Waals surface area contributed by atoms with Gasteiger partial charge in [-0.05, 0) is 37.1 Å². The average Bonchev–Trinajstić information content (AvgIpc) is 3.23. The number of carbonyl (C=O) groups is 2. The highest BCUT2D eigenvalue weighted by atomic mass is 35.5. The summed E-state index contributed by atoms with van der Waals surface area (Å²) < 4.78 is 1.53. The Balaban J connectivity index is 1.53. The molecule has 9 heteroatoms. The summed E-state index contributed by atoms with van der Waals surface area (Å²) in [5, 5.41) is 8.20. The summed E-state index contributed by atoms with van der Waals surface area (Å²) >= 11 is 12.7. The Morgan fingerprint density at radius 2 is 1.81 bits per heavy atom. The van der Waals surface area contributed by atoms with Crippen LogP contribution in [0.15, 0.2) is 48.5 Å². The minimum Gasteiger partial charge on any atom is -0.335 e. The van der Waals surface area contributed by atoms with Crippen molar-refractivity contribution >= 4 is 40.7 Å². The third-order valence-corrected chi connectivity index (χ3v) is 6.06. The van der Waals surface area contributed by atoms with Crippen LogP contribution in [0, 0.1) is 5.92 Å². The number of aromatic nitrogens is 3. The van der Waals surface area contributed by atoms with E-state index in [1.54, 1.807) is 23.1 Å². The van der Waals surface area contributed by atoms with Crippen LogP contribution in [-0.4, -0.2) is 44.6 Å². The van der Waals surface area contributed by atoms with Crippen molar-refractivity contribution in [3.05, 3.63) is 70.2 Å². The van der Waals surface area contributed by atoms with Crippen molar-refractivity contribution in [3.8, 4) is 5.69 Å². The molecule has 2 amide bonds. The number of rotatable bonds is 5. The van der Waals surface area contributed by atoms with E-state index in [2.05, 4.69) is 15.4 Å². The molecule has 1 unspecified atom stereocenters. The molecule has 32 heavy (non-hydrogen) atoms. The molecule has 1 fully saturated rings. The van der Waals surface area contributed by atoms with Crippen molar-refractivity contribution in [2.24, 2.45) is 5.92 Å². The van der Waals surface area contributed by atoms with E-state index < -0.39 is 0 Å². The Morgan fingerprint density at radius 3 is 2.50 bits per heavy atom. The molecule has 0 aliphatic carbocycles. The van der Waals surface area contributed by atoms with Gasteiger partial charge in [-0.3, -0.25) is 9.59 Å². The van der Waals surface area contributed by atoms with E-state index in [1.807, 2.05) is 37.3 Å². The van der Waals surface area contributed by atoms with Crippen LogP contribution in [0.1, 0.15) is 36.2 Å². The van der Waals surface area contributed by atoms with E-state index in [9.17, 15) is 9.59 Å². The van der Waals surface area contributed by atoms with Crippen LogP contribution in [0.3, 0.4) is 0 Å². The quantitative estimate of drug-likeness (QED) is 0.588. The molecule has 2 heterocycles. The van der Waals surface area contributed by atoms with Crippen LogP contribution in [-0.2, 0) is 11.2 Å². The Bertz CT molecular complexity index is 1110. The lowest BCUT2D eigenvalue weighted by Gasteiger charge is -2.31. The number of para-hydroxylation sites is 2. The molecule has 166 valence electrons. The van der Waals surface area contributed by atoms with E-state index in [-0.39, 0.29) is 23.6 Å². The third kappa shape index (κ3) is 4.64. The number of nitrogens with one attached hydrogen (secondary N) is 1. The number of piperidine rings is 1. The molecule has 1 aliphatic rings. The van der Waals surface area contributed by atoms with E-state index in [0.717, 1.165) is 18.5 Å². The number of hydrogen-bond acceptors (Lipinski definition) is 4. The zero-order valence-corrected chi connectivity index (χ0v) is 19.1. The molecule has 2 aromatic carbocycles. The molecular weight excluding hydrogens is 449 g/mol. The Kier molecular flexibility index (Phi) is 6.77. The van der Waals surface area contributed by atoms with Gasteiger partial charge in [0.2, 0.25) is 11.7 Å². The summed E-state index contributed by atoms with van der Waals surface area (Å²) in [7, 11) is 0. The molecule has 1 aromatic heterocycles. The minimum absolute atomic E-state index is 0.0713. The number of likely N-dealkylation sites (tertiary alicyclic amines) is 1.